The minimum atomic E-state index is -4.06. The summed E-state index contributed by atoms with van der Waals surface area (Å²) < 4.78 is 151. The van der Waals surface area contributed by atoms with Crippen molar-refractivity contribution in [2.24, 2.45) is 22.9 Å². The Hall–Kier alpha value is -9.47. The van der Waals surface area contributed by atoms with Crippen LogP contribution in [0.1, 0.15) is 166 Å². The molecule has 10 rings (SSSR count). The number of thiol groups is 1. The smallest absolute Gasteiger partial charge is 0.306 e. The maximum atomic E-state index is 13.9. The molecule has 684 valence electrons. The highest BCUT2D eigenvalue weighted by Gasteiger charge is 2.23. The number of primary sulfonamides is 1. The molecule has 0 spiro atoms. The molecular formula is C93H112BrCl2F5N6O15S4. The van der Waals surface area contributed by atoms with Crippen LogP contribution in [0.3, 0.4) is 0 Å². The van der Waals surface area contributed by atoms with Gasteiger partial charge in [-0.3, -0.25) is 19.2 Å². The normalized spacial score (nSPS) is 11.4. The second kappa shape index (κ2) is 63.5. The number of carbonyl (C=O) groups excluding carboxylic acids is 3. The molecule has 0 aliphatic heterocycles. The highest BCUT2D eigenvalue weighted by Crippen LogP contribution is 2.27. The lowest BCUT2D eigenvalue weighted by Crippen LogP contribution is -2.18. The molecule has 5 aromatic carbocycles. The van der Waals surface area contributed by atoms with Gasteiger partial charge in [-0.05, 0) is 64.8 Å². The molecule has 0 radical (unpaired) electrons. The second-order valence-corrected chi connectivity index (χ2v) is 34.5. The number of nitrogens with zero attached hydrogens (tertiary/aromatic N) is 4. The van der Waals surface area contributed by atoms with Gasteiger partial charge in [0.1, 0.15) is 64.8 Å². The molecule has 0 fully saturated rings. The third-order valence-electron chi connectivity index (χ3n) is 17.9. The zero-order valence-electron chi connectivity index (χ0n) is 71.5. The van der Waals surface area contributed by atoms with E-state index in [0.29, 0.717) is 72.7 Å². The number of carbonyl (C=O) groups is 3. The predicted octanol–water partition coefficient (Wildman–Crippen LogP) is 22.5. The van der Waals surface area contributed by atoms with Gasteiger partial charge in [-0.15, -0.1) is 11.8 Å². The molecule has 0 aliphatic carbocycles. The van der Waals surface area contributed by atoms with Crippen molar-refractivity contribution in [3.05, 3.63) is 290 Å². The first-order chi connectivity index (χ1) is 60.5. The fourth-order valence-electron chi connectivity index (χ4n) is 10.7. The summed E-state index contributed by atoms with van der Waals surface area (Å²) >= 11 is 19.5. The van der Waals surface area contributed by atoms with E-state index >= 15 is 0 Å². The van der Waals surface area contributed by atoms with Gasteiger partial charge in [0, 0.05) is 77.5 Å². The molecule has 33 heteroatoms. The molecule has 0 aliphatic rings. The Morgan fingerprint density at radius 1 is 0.460 bits per heavy atom. The lowest BCUT2D eigenvalue weighted by Gasteiger charge is -2.14. The number of halogens is 8. The first-order valence-electron chi connectivity index (χ1n) is 41.1. The van der Waals surface area contributed by atoms with Crippen molar-refractivity contribution in [1.29, 1.82) is 0 Å². The molecule has 3 atom stereocenters. The Morgan fingerprint density at radius 2 is 0.810 bits per heavy atom. The number of ether oxygens (including phenoxy) is 7. The highest BCUT2D eigenvalue weighted by molar-refractivity contribution is 9.08. The molecule has 5 aromatic heterocycles. The molecule has 0 saturated carbocycles. The number of sulfonamides is 1. The third kappa shape index (κ3) is 49.6. The largest absolute Gasteiger partial charge is 0.489 e. The van der Waals surface area contributed by atoms with Crippen molar-refractivity contribution < 1.29 is 86.3 Å². The lowest BCUT2D eigenvalue weighted by molar-refractivity contribution is -0.145. The molecule has 0 amide bonds. The van der Waals surface area contributed by atoms with Gasteiger partial charge in [0.05, 0.1) is 44.8 Å². The van der Waals surface area contributed by atoms with Gasteiger partial charge in [0.25, 0.3) is 10.0 Å². The van der Waals surface area contributed by atoms with Crippen LogP contribution >= 0.6 is 63.5 Å². The summed E-state index contributed by atoms with van der Waals surface area (Å²) in [6, 6.07) is 59.8. The molecule has 3 N–H and O–H groups in total. The van der Waals surface area contributed by atoms with Crippen molar-refractivity contribution in [2.45, 2.75) is 185 Å². The molecular weight excluding hydrogens is 1820 g/mol. The number of aromatic amines is 1. The van der Waals surface area contributed by atoms with Gasteiger partial charge in [-0.25, -0.2) is 41.9 Å². The molecule has 3 unspecified atom stereocenters. The van der Waals surface area contributed by atoms with Crippen LogP contribution in [0.15, 0.2) is 232 Å². The number of unbranched alkanes of at least 4 members (excludes halogenated alkanes) is 3. The zero-order chi connectivity index (χ0) is 92.3. The van der Waals surface area contributed by atoms with Crippen LogP contribution in [-0.4, -0.2) is 96.7 Å². The number of sulfone groups is 1. The summed E-state index contributed by atoms with van der Waals surface area (Å²) in [5, 5.41) is 5.42. The van der Waals surface area contributed by atoms with Crippen LogP contribution in [0.5, 0.6) is 23.0 Å². The fraction of sp³-hybridized carbons (Fsp3) is 0.376. The van der Waals surface area contributed by atoms with E-state index < -0.39 is 76.8 Å². The lowest BCUT2D eigenvalue weighted by atomic mass is 10.0. The fourth-order valence-corrected chi connectivity index (χ4v) is 14.1. The maximum Gasteiger partial charge on any atom is 0.306 e. The number of aromatic nitrogens is 5. The average Bonchev–Trinajstić information content (AvgIpc) is 0.815. The molecule has 126 heavy (non-hydrogen) atoms. The quantitative estimate of drug-likeness (QED) is 0.00609. The number of thioether (sulfide) groups is 1. The van der Waals surface area contributed by atoms with Gasteiger partial charge in [-0.1, -0.05) is 290 Å². The topological polar surface area (TPSA) is 295 Å². The number of H-pyrrole nitrogens is 1. The number of benzene rings is 5. The third-order valence-corrected chi connectivity index (χ3v) is 22.4. The summed E-state index contributed by atoms with van der Waals surface area (Å²) in [5.41, 5.74) is 4.64. The van der Waals surface area contributed by atoms with Crippen molar-refractivity contribution in [2.75, 3.05) is 37.1 Å². The van der Waals surface area contributed by atoms with Crippen LogP contribution < -0.4 is 29.5 Å². The van der Waals surface area contributed by atoms with Crippen molar-refractivity contribution in [3.8, 4) is 23.0 Å². The second-order valence-electron chi connectivity index (χ2n) is 28.1. The first-order valence-corrected chi connectivity index (χ1v) is 47.8. The van der Waals surface area contributed by atoms with Gasteiger partial charge in [0.2, 0.25) is 23.8 Å². The van der Waals surface area contributed by atoms with E-state index in [0.717, 1.165) is 116 Å². The van der Waals surface area contributed by atoms with Crippen LogP contribution in [-0.2, 0) is 80.2 Å². The van der Waals surface area contributed by atoms with Gasteiger partial charge >= 0.3 is 17.9 Å². The van der Waals surface area contributed by atoms with Crippen molar-refractivity contribution in [1.82, 2.24) is 24.9 Å². The molecule has 0 bridgehead atoms. The minimum absolute atomic E-state index is 0.0139. The monoisotopic (exact) mass is 1920 g/mol. The van der Waals surface area contributed by atoms with Crippen LogP contribution in [0, 0.1) is 47.5 Å². The number of pyridine rings is 5. The van der Waals surface area contributed by atoms with Gasteiger partial charge < -0.3 is 38.1 Å². The van der Waals surface area contributed by atoms with Gasteiger partial charge in [0.15, 0.2) is 31.3 Å². The Morgan fingerprint density at radius 3 is 1.16 bits per heavy atom. The van der Waals surface area contributed by atoms with Crippen LogP contribution in [0.2, 0.25) is 10.3 Å². The number of alkyl halides is 1. The standard InChI is InChI=1S/C23H30FNO5S.C23H30FNO3S.C12H9ClFNO.C12H11FN2O3S.C11H22O2S.C7H7Br.C5H3ClFNO/c1-3-5-9-18(4-2)16-30-23(26)12-13-31(27,28)22-15-20(14-21(24)25-22)29-17-19-10-7-6-8-11-19;1-3-5-9-18(4-2)16-28-23(26)12-13-29-22-15-20(14-21(24)25-22)27-17-19-10-7-6-8-11-19;13-11-6-10(7-12(14)15-11)16-8-9-4-2-1-3-5-9;13-11-6-10(7-12(15-11)19(14,16)17)18-8-9-4-2-1-3-5-9;1-3-5-6-10(4-2)9-13-11(12)7-8-14;8-6-7-4-2-1-3-5-7;6-4-1-3(9)2-5(7)8-4/h6-8,10-11,14-15,18H,3-5,9,12-13,16-17H2,1-2H3;6-8,10-11,14-15,18H,3-5,9,12-13,16-17H2,1-2H3;1-7H,8H2;1-7H,8H2,(H2,14,16,17);10,14H,3-9H2,1-2H3;1-5H,6H2;1-2H,(H,8,9). The average molecular weight is 1930 g/mol. The Kier molecular flexibility index (Phi) is 54.8. The zero-order valence-corrected chi connectivity index (χ0v) is 78.0. The van der Waals surface area contributed by atoms with Crippen molar-refractivity contribution >= 4 is 101 Å². The van der Waals surface area contributed by atoms with E-state index in [9.17, 15) is 58.0 Å². The summed E-state index contributed by atoms with van der Waals surface area (Å²) in [6.07, 6.45) is 13.5. The summed E-state index contributed by atoms with van der Waals surface area (Å²) in [7, 11) is -8.04. The first kappa shape index (κ1) is 109. The van der Waals surface area contributed by atoms with Crippen molar-refractivity contribution in [3.63, 3.8) is 0 Å². The Balaban J connectivity index is 0.000000322. The summed E-state index contributed by atoms with van der Waals surface area (Å²) in [6.45, 7) is 15.2. The molecule has 10 aromatic rings. The number of hydrogen-bond acceptors (Lipinski definition) is 21. The Bertz CT molecular complexity index is 5010. The number of rotatable bonds is 42. The van der Waals surface area contributed by atoms with Gasteiger partial charge in [-0.2, -0.15) is 34.6 Å². The van der Waals surface area contributed by atoms with E-state index in [1.54, 1.807) is 6.07 Å². The summed E-state index contributed by atoms with van der Waals surface area (Å²) in [5.74, 6) is -2.10. The van der Waals surface area contributed by atoms with Crippen LogP contribution in [0.4, 0.5) is 22.0 Å². The molecule has 5 heterocycles. The van der Waals surface area contributed by atoms with Crippen LogP contribution in [0.25, 0.3) is 0 Å². The number of hydrogen-bond donors (Lipinski definition) is 3. The van der Waals surface area contributed by atoms with E-state index in [1.165, 1.54) is 60.9 Å². The number of nitrogens with two attached hydrogens (primary N) is 1. The Labute approximate surface area is 765 Å². The van der Waals surface area contributed by atoms with E-state index in [-0.39, 0.29) is 72.3 Å². The van der Waals surface area contributed by atoms with E-state index in [2.05, 4.69) is 100 Å². The van der Waals surface area contributed by atoms with E-state index in [1.807, 2.05) is 146 Å². The SMILES string of the molecule is BrCc1ccccc1.CCCCC(CC)COC(=O)CCS.CCCCC(CC)COC(=O)CCS(=O)(=O)c1cc(OCc2ccccc2)cc(F)n1.CCCCC(CC)COC(=O)CCSc1cc(OCc2ccccc2)cc(F)n1.Fc1cc(OCc2ccccc2)cc(Cl)n1.NS(=O)(=O)c1cc(OCc2ccccc2)cc(F)n1.O=c1cc(F)[nH]c(Cl)c1. The minimum Gasteiger partial charge on any atom is -0.489 e. The highest BCUT2D eigenvalue weighted by atomic mass is 79.9. The van der Waals surface area contributed by atoms with E-state index in [4.69, 9.17) is 61.5 Å². The number of esters is 3. The maximum absolute atomic E-state index is 13.9. The molecule has 21 nitrogen and oxygen atoms in total. The predicted molar refractivity (Wildman–Crippen MR) is 491 cm³/mol. The molecule has 0 saturated heterocycles. The number of nitrogens with one attached hydrogen (secondary N) is 1. The summed E-state index contributed by atoms with van der Waals surface area (Å²) in [4.78, 5) is 61.5.